The predicted molar refractivity (Wildman–Crippen MR) is 129 cm³/mol. The lowest BCUT2D eigenvalue weighted by atomic mass is 10.0. The fourth-order valence-electron chi connectivity index (χ4n) is 3.55. The Bertz CT molecular complexity index is 826. The molecule has 0 saturated carbocycles. The van der Waals surface area contributed by atoms with Crippen molar-refractivity contribution in [2.24, 2.45) is 4.99 Å². The number of aliphatic imine (C=N–C) groups is 1. The number of halogens is 1. The van der Waals surface area contributed by atoms with E-state index < -0.39 is 0 Å². The van der Waals surface area contributed by atoms with Crippen molar-refractivity contribution >= 4 is 50.9 Å². The third-order valence-electron chi connectivity index (χ3n) is 5.08. The molecule has 0 saturated heterocycles. The number of thiocarbonyl (C=S) groups is 1. The smallest absolute Gasteiger partial charge is 0.103 e. The molecule has 5 heteroatoms. The lowest BCUT2D eigenvalue weighted by Gasteiger charge is -2.07. The highest BCUT2D eigenvalue weighted by Gasteiger charge is 2.21. The molecule has 0 amide bonds. The van der Waals surface area contributed by atoms with Gasteiger partial charge >= 0.3 is 0 Å². The number of hydrogen-bond donors (Lipinski definition) is 1. The fraction of sp³-hybridized carbons (Fsp3) is 0.478. The largest absolute Gasteiger partial charge is 0.340 e. The van der Waals surface area contributed by atoms with Crippen molar-refractivity contribution in [3.63, 3.8) is 0 Å². The molecule has 3 rings (SSSR count). The normalized spacial score (nSPS) is 13.6. The van der Waals surface area contributed by atoms with Gasteiger partial charge in [-0.1, -0.05) is 93.9 Å². The maximum atomic E-state index is 6.45. The summed E-state index contributed by atoms with van der Waals surface area (Å²) in [7, 11) is 0. The number of thiophene rings is 1. The van der Waals surface area contributed by atoms with Crippen LogP contribution >= 0.6 is 35.2 Å². The molecule has 1 aliphatic rings. The topological polar surface area (TPSA) is 24.4 Å². The number of fused-ring (bicyclic) bond motifs is 1. The summed E-state index contributed by atoms with van der Waals surface area (Å²) >= 11 is 13.7. The van der Waals surface area contributed by atoms with E-state index in [2.05, 4.69) is 18.3 Å². The van der Waals surface area contributed by atoms with Crippen molar-refractivity contribution in [2.45, 2.75) is 64.7 Å². The van der Waals surface area contributed by atoms with Crippen LogP contribution in [0.2, 0.25) is 5.02 Å². The van der Waals surface area contributed by atoms with Crippen LogP contribution in [0.5, 0.6) is 0 Å². The minimum atomic E-state index is 0.505. The average molecular weight is 433 g/mol. The van der Waals surface area contributed by atoms with E-state index in [0.717, 1.165) is 38.3 Å². The molecule has 1 N–H and O–H groups in total. The van der Waals surface area contributed by atoms with Crippen LogP contribution in [0, 0.1) is 0 Å². The quantitative estimate of drug-likeness (QED) is 0.307. The summed E-state index contributed by atoms with van der Waals surface area (Å²) in [6.45, 7) is 2.77. The van der Waals surface area contributed by atoms with Crippen LogP contribution in [0.25, 0.3) is 0 Å². The van der Waals surface area contributed by atoms with Crippen LogP contribution in [-0.2, 0) is 6.42 Å². The SMILES string of the molecule is CCCCCCCCCCc1cc2c(s1)NC(=S)CN=C2c1ccccc1Cl. The van der Waals surface area contributed by atoms with Crippen LogP contribution in [0.4, 0.5) is 5.00 Å². The molecule has 0 unspecified atom stereocenters. The zero-order valence-corrected chi connectivity index (χ0v) is 19.0. The van der Waals surface area contributed by atoms with Gasteiger partial charge in [0.05, 0.1) is 12.3 Å². The van der Waals surface area contributed by atoms with E-state index in [-0.39, 0.29) is 0 Å². The second kappa shape index (κ2) is 11.1. The van der Waals surface area contributed by atoms with Gasteiger partial charge in [0.15, 0.2) is 0 Å². The van der Waals surface area contributed by atoms with Gasteiger partial charge in [-0.15, -0.1) is 11.3 Å². The molecule has 0 fully saturated rings. The molecule has 0 aliphatic carbocycles. The number of nitrogens with zero attached hydrogens (tertiary/aromatic N) is 1. The molecular weight excluding hydrogens is 404 g/mol. The highest BCUT2D eigenvalue weighted by Crippen LogP contribution is 2.34. The van der Waals surface area contributed by atoms with Crippen LogP contribution in [0.3, 0.4) is 0 Å². The fourth-order valence-corrected chi connectivity index (χ4v) is 5.13. The van der Waals surface area contributed by atoms with Crippen molar-refractivity contribution in [1.82, 2.24) is 0 Å². The summed E-state index contributed by atoms with van der Waals surface area (Å²) in [6, 6.07) is 10.2. The molecule has 1 aromatic carbocycles. The second-order valence-corrected chi connectivity index (χ2v) is 9.41. The molecule has 0 spiro atoms. The summed E-state index contributed by atoms with van der Waals surface area (Å²) in [5.41, 5.74) is 3.06. The van der Waals surface area contributed by atoms with E-state index in [1.165, 1.54) is 56.2 Å². The average Bonchev–Trinajstić information content (AvgIpc) is 3.00. The van der Waals surface area contributed by atoms with E-state index in [9.17, 15) is 0 Å². The monoisotopic (exact) mass is 432 g/mol. The number of nitrogens with one attached hydrogen (secondary N) is 1. The number of aryl methyl sites for hydroxylation is 1. The number of rotatable bonds is 10. The van der Waals surface area contributed by atoms with Crippen LogP contribution in [0.1, 0.15) is 74.3 Å². The molecule has 0 bridgehead atoms. The summed E-state index contributed by atoms with van der Waals surface area (Å²) in [6.07, 6.45) is 11.9. The molecule has 2 nitrogen and oxygen atoms in total. The zero-order valence-electron chi connectivity index (χ0n) is 16.6. The van der Waals surface area contributed by atoms with Gasteiger partial charge in [0.2, 0.25) is 0 Å². The third-order valence-corrected chi connectivity index (χ3v) is 6.75. The Morgan fingerprint density at radius 3 is 2.50 bits per heavy atom. The van der Waals surface area contributed by atoms with Crippen molar-refractivity contribution in [3.05, 3.63) is 51.4 Å². The van der Waals surface area contributed by atoms with Gasteiger partial charge in [0.25, 0.3) is 0 Å². The Balaban J connectivity index is 1.63. The van der Waals surface area contributed by atoms with Crippen molar-refractivity contribution in [2.75, 3.05) is 11.9 Å². The third kappa shape index (κ3) is 5.88. The van der Waals surface area contributed by atoms with E-state index in [1.807, 2.05) is 35.6 Å². The zero-order chi connectivity index (χ0) is 19.8. The van der Waals surface area contributed by atoms with Gasteiger partial charge in [0, 0.05) is 21.0 Å². The van der Waals surface area contributed by atoms with E-state index in [4.69, 9.17) is 28.8 Å². The highest BCUT2D eigenvalue weighted by atomic mass is 35.5. The minimum Gasteiger partial charge on any atom is -0.340 e. The lowest BCUT2D eigenvalue weighted by molar-refractivity contribution is 0.576. The Morgan fingerprint density at radius 1 is 1.04 bits per heavy atom. The molecule has 1 aromatic heterocycles. The number of unbranched alkanes of at least 4 members (excludes halogenated alkanes) is 7. The maximum absolute atomic E-state index is 6.45. The first-order valence-electron chi connectivity index (χ1n) is 10.4. The molecular formula is C23H29ClN2S2. The van der Waals surface area contributed by atoms with Crippen molar-refractivity contribution in [3.8, 4) is 0 Å². The Morgan fingerprint density at radius 2 is 1.75 bits per heavy atom. The summed E-state index contributed by atoms with van der Waals surface area (Å²) in [5.74, 6) is 0. The first-order valence-corrected chi connectivity index (χ1v) is 12.0. The first kappa shape index (κ1) is 21.5. The van der Waals surface area contributed by atoms with Gasteiger partial charge in [-0.25, -0.2) is 0 Å². The van der Waals surface area contributed by atoms with Gasteiger partial charge < -0.3 is 5.32 Å². The molecule has 2 heterocycles. The van der Waals surface area contributed by atoms with Gasteiger partial charge in [0.1, 0.15) is 9.99 Å². The van der Waals surface area contributed by atoms with Gasteiger partial charge in [-0.3, -0.25) is 4.99 Å². The summed E-state index contributed by atoms with van der Waals surface area (Å²) < 4.78 is 0. The molecule has 0 radical (unpaired) electrons. The molecule has 2 aromatic rings. The van der Waals surface area contributed by atoms with Crippen LogP contribution in [-0.4, -0.2) is 17.2 Å². The highest BCUT2D eigenvalue weighted by molar-refractivity contribution is 7.80. The predicted octanol–water partition coefficient (Wildman–Crippen LogP) is 7.68. The minimum absolute atomic E-state index is 0.505. The molecule has 1 aliphatic heterocycles. The van der Waals surface area contributed by atoms with Crippen molar-refractivity contribution < 1.29 is 0 Å². The number of benzene rings is 1. The van der Waals surface area contributed by atoms with Crippen LogP contribution in [0.15, 0.2) is 35.3 Å². The summed E-state index contributed by atoms with van der Waals surface area (Å²) in [5, 5.41) is 5.22. The van der Waals surface area contributed by atoms with Gasteiger partial charge in [-0.05, 0) is 25.0 Å². The maximum Gasteiger partial charge on any atom is 0.103 e. The standard InChI is InChI=1S/C23H29ClN2S2/c1-2-3-4-5-6-7-8-9-12-17-15-19-22(18-13-10-11-14-20(18)24)25-16-21(27)26-23(19)28-17/h10-11,13-15H,2-9,12,16H2,1H3,(H,26,27). The second-order valence-electron chi connectivity index (χ2n) is 7.37. The van der Waals surface area contributed by atoms with Crippen LogP contribution < -0.4 is 5.32 Å². The lowest BCUT2D eigenvalue weighted by Crippen LogP contribution is -2.09. The number of hydrogen-bond acceptors (Lipinski definition) is 3. The van der Waals surface area contributed by atoms with Crippen molar-refractivity contribution in [1.29, 1.82) is 0 Å². The molecule has 0 atom stereocenters. The van der Waals surface area contributed by atoms with Gasteiger partial charge in [-0.2, -0.15) is 0 Å². The van der Waals surface area contributed by atoms with E-state index in [1.54, 1.807) is 0 Å². The first-order chi connectivity index (χ1) is 13.7. The van der Waals surface area contributed by atoms with E-state index in [0.29, 0.717) is 6.54 Å². The number of anilines is 1. The molecule has 28 heavy (non-hydrogen) atoms. The van der Waals surface area contributed by atoms with E-state index >= 15 is 0 Å². The Hall–Kier alpha value is -1.23. The Kier molecular flexibility index (Phi) is 8.50. The molecule has 150 valence electrons. The summed E-state index contributed by atoms with van der Waals surface area (Å²) in [4.78, 5) is 6.93. The Labute approximate surface area is 183 Å².